The Morgan fingerprint density at radius 3 is 2.50 bits per heavy atom. The number of hydrogen-bond acceptors (Lipinski definition) is 0. The zero-order valence-electron chi connectivity index (χ0n) is 14.5. The van der Waals surface area contributed by atoms with Crippen molar-refractivity contribution in [3.63, 3.8) is 0 Å². The molecule has 1 aliphatic heterocycles. The number of fused-ring (bicyclic) bond motifs is 2. The van der Waals surface area contributed by atoms with Crippen LogP contribution in [-0.2, 0) is 0 Å². The Morgan fingerprint density at radius 2 is 1.90 bits per heavy atom. The maximum absolute atomic E-state index is 2.57. The predicted octanol–water partition coefficient (Wildman–Crippen LogP) is 6.15. The first-order valence-electron chi connectivity index (χ1n) is 9.41. The molecule has 0 amide bonds. The largest absolute Gasteiger partial charge is 0.146 e. The van der Waals surface area contributed by atoms with Crippen LogP contribution in [0.5, 0.6) is 0 Å². The molecule has 0 aromatic heterocycles. The van der Waals surface area contributed by atoms with E-state index in [0.717, 1.165) is 42.0 Å². The van der Waals surface area contributed by atoms with Gasteiger partial charge in [0.25, 0.3) is 0 Å². The van der Waals surface area contributed by atoms with Crippen LogP contribution in [0.2, 0.25) is 18.0 Å². The van der Waals surface area contributed by atoms with Crippen LogP contribution in [0, 0.1) is 29.1 Å². The molecule has 3 aliphatic carbocycles. The smallest absolute Gasteiger partial charge is 0.0737 e. The van der Waals surface area contributed by atoms with Gasteiger partial charge in [-0.05, 0) is 41.9 Å². The van der Waals surface area contributed by atoms with Crippen molar-refractivity contribution in [2.45, 2.75) is 91.1 Å². The highest BCUT2D eigenvalue weighted by atomic mass is 14.6. The molecule has 4 fully saturated rings. The van der Waals surface area contributed by atoms with Gasteiger partial charge in [-0.2, -0.15) is 0 Å². The molecule has 3 saturated carbocycles. The summed E-state index contributed by atoms with van der Waals surface area (Å²) in [4.78, 5) is 0. The van der Waals surface area contributed by atoms with Crippen molar-refractivity contribution in [1.29, 1.82) is 0 Å². The van der Waals surface area contributed by atoms with Crippen molar-refractivity contribution in [3.8, 4) is 0 Å². The van der Waals surface area contributed by atoms with Crippen LogP contribution >= 0.6 is 0 Å². The summed E-state index contributed by atoms with van der Waals surface area (Å²) in [5.41, 5.74) is 0.661. The van der Waals surface area contributed by atoms with Gasteiger partial charge in [-0.25, -0.2) is 0 Å². The number of rotatable bonds is 3. The fourth-order valence-electron chi connectivity index (χ4n) is 6.34. The Morgan fingerprint density at radius 1 is 1.15 bits per heavy atom. The topological polar surface area (TPSA) is 0 Å². The lowest BCUT2D eigenvalue weighted by molar-refractivity contribution is -0.110. The molecule has 0 radical (unpaired) electrons. The van der Waals surface area contributed by atoms with Gasteiger partial charge in [-0.3, -0.25) is 0 Å². The minimum absolute atomic E-state index is 0.661. The summed E-state index contributed by atoms with van der Waals surface area (Å²) < 4.78 is 0. The van der Waals surface area contributed by atoms with Crippen LogP contribution < -0.4 is 0 Å². The third kappa shape index (κ3) is 2.37. The second kappa shape index (κ2) is 5.36. The molecular formula is C19H35B. The molecule has 2 bridgehead atoms. The van der Waals surface area contributed by atoms with Crippen molar-refractivity contribution in [3.05, 3.63) is 0 Å². The highest BCUT2D eigenvalue weighted by Crippen LogP contribution is 2.67. The second-order valence-corrected chi connectivity index (χ2v) is 9.48. The van der Waals surface area contributed by atoms with Gasteiger partial charge >= 0.3 is 0 Å². The van der Waals surface area contributed by atoms with E-state index in [2.05, 4.69) is 34.6 Å². The Hall–Kier alpha value is 0.0649. The SMILES string of the molecule is CC(C)CC1[C@H]2C[C@@H](C[C@H]1B1CCCCC1C)C2(C)C. The van der Waals surface area contributed by atoms with Crippen molar-refractivity contribution < 1.29 is 0 Å². The van der Waals surface area contributed by atoms with Crippen molar-refractivity contribution >= 4 is 6.71 Å². The Kier molecular flexibility index (Phi) is 4.02. The first-order valence-corrected chi connectivity index (χ1v) is 9.41. The summed E-state index contributed by atoms with van der Waals surface area (Å²) in [5.74, 6) is 6.10. The van der Waals surface area contributed by atoms with Crippen LogP contribution in [0.4, 0.5) is 0 Å². The number of hydrogen-bond donors (Lipinski definition) is 0. The van der Waals surface area contributed by atoms with Crippen molar-refractivity contribution in [2.24, 2.45) is 29.1 Å². The van der Waals surface area contributed by atoms with Crippen molar-refractivity contribution in [1.82, 2.24) is 0 Å². The average molecular weight is 274 g/mol. The van der Waals surface area contributed by atoms with Crippen LogP contribution in [-0.4, -0.2) is 6.71 Å². The Balaban J connectivity index is 1.78. The highest BCUT2D eigenvalue weighted by molar-refractivity contribution is 6.62. The molecule has 2 unspecified atom stereocenters. The molecule has 0 spiro atoms. The second-order valence-electron chi connectivity index (χ2n) is 9.48. The monoisotopic (exact) mass is 274 g/mol. The molecule has 4 aliphatic rings. The van der Waals surface area contributed by atoms with E-state index >= 15 is 0 Å². The predicted molar refractivity (Wildman–Crippen MR) is 90.5 cm³/mol. The molecule has 20 heavy (non-hydrogen) atoms. The fraction of sp³-hybridized carbons (Fsp3) is 1.00. The summed E-state index contributed by atoms with van der Waals surface area (Å²) in [7, 11) is 0. The normalized spacial score (nSPS) is 43.5. The molecule has 1 heteroatoms. The molecule has 1 heterocycles. The minimum Gasteiger partial charge on any atom is -0.0737 e. The summed E-state index contributed by atoms with van der Waals surface area (Å²) in [6.07, 6.45) is 10.7. The average Bonchev–Trinajstić information content (AvgIpc) is 2.38. The first-order chi connectivity index (χ1) is 9.41. The lowest BCUT2D eigenvalue weighted by Gasteiger charge is -2.64. The highest BCUT2D eigenvalue weighted by Gasteiger charge is 2.59. The van der Waals surface area contributed by atoms with Gasteiger partial charge in [-0.1, -0.05) is 78.3 Å². The molecule has 0 aromatic carbocycles. The van der Waals surface area contributed by atoms with Gasteiger partial charge in [0, 0.05) is 0 Å². The van der Waals surface area contributed by atoms with Crippen molar-refractivity contribution in [2.75, 3.05) is 0 Å². The quantitative estimate of drug-likeness (QED) is 0.541. The van der Waals surface area contributed by atoms with E-state index in [-0.39, 0.29) is 0 Å². The third-order valence-corrected chi connectivity index (χ3v) is 7.64. The zero-order chi connectivity index (χ0) is 14.5. The molecule has 4 rings (SSSR count). The van der Waals surface area contributed by atoms with E-state index in [1.54, 1.807) is 19.2 Å². The molecule has 1 saturated heterocycles. The maximum Gasteiger partial charge on any atom is 0.146 e. The van der Waals surface area contributed by atoms with E-state index in [9.17, 15) is 0 Å². The van der Waals surface area contributed by atoms with E-state index in [4.69, 9.17) is 0 Å². The van der Waals surface area contributed by atoms with E-state index in [1.165, 1.54) is 25.7 Å². The standard InChI is InChI=1S/C19H35B/c1-13(2)10-16-17-11-15(19(17,4)5)12-18(16)20-9-7-6-8-14(20)3/h13-18H,6-12H2,1-5H3/t14?,15-,16?,17+,18+/m0/s1. The molecule has 0 aromatic rings. The van der Waals surface area contributed by atoms with Gasteiger partial charge in [0.2, 0.25) is 0 Å². The van der Waals surface area contributed by atoms with E-state index in [0.29, 0.717) is 5.41 Å². The van der Waals surface area contributed by atoms with Crippen LogP contribution in [0.3, 0.4) is 0 Å². The molecule has 0 N–H and O–H groups in total. The first kappa shape index (κ1) is 15.0. The molecule has 114 valence electrons. The lowest BCUT2D eigenvalue weighted by atomic mass is 9.23. The maximum atomic E-state index is 2.57. The third-order valence-electron chi connectivity index (χ3n) is 7.64. The van der Waals surface area contributed by atoms with Crippen LogP contribution in [0.1, 0.15) is 73.1 Å². The zero-order valence-corrected chi connectivity index (χ0v) is 14.5. The Labute approximate surface area is 127 Å². The summed E-state index contributed by atoms with van der Waals surface area (Å²) >= 11 is 0. The molecule has 0 nitrogen and oxygen atoms in total. The lowest BCUT2D eigenvalue weighted by Crippen LogP contribution is -2.57. The van der Waals surface area contributed by atoms with Crippen LogP contribution in [0.25, 0.3) is 0 Å². The van der Waals surface area contributed by atoms with E-state index in [1.807, 2.05) is 0 Å². The fourth-order valence-corrected chi connectivity index (χ4v) is 6.34. The summed E-state index contributed by atoms with van der Waals surface area (Å²) in [5, 5.41) is 0. The minimum atomic E-state index is 0.661. The van der Waals surface area contributed by atoms with Crippen LogP contribution in [0.15, 0.2) is 0 Å². The Bertz CT molecular complexity index is 346. The summed E-state index contributed by atoms with van der Waals surface area (Å²) in [6.45, 7) is 13.6. The molecule has 5 atom stereocenters. The van der Waals surface area contributed by atoms with Gasteiger partial charge in [0.1, 0.15) is 6.71 Å². The van der Waals surface area contributed by atoms with Gasteiger partial charge in [-0.15, -0.1) is 0 Å². The van der Waals surface area contributed by atoms with Gasteiger partial charge in [0.15, 0.2) is 0 Å². The van der Waals surface area contributed by atoms with Gasteiger partial charge in [0.05, 0.1) is 0 Å². The summed E-state index contributed by atoms with van der Waals surface area (Å²) in [6, 6.07) is 0. The molecular weight excluding hydrogens is 239 g/mol. The van der Waals surface area contributed by atoms with E-state index < -0.39 is 0 Å². The van der Waals surface area contributed by atoms with Gasteiger partial charge < -0.3 is 0 Å².